The zero-order chi connectivity index (χ0) is 20.5. The van der Waals surface area contributed by atoms with Gasteiger partial charge in [0.2, 0.25) is 0 Å². The maximum atomic E-state index is 12.8. The summed E-state index contributed by atoms with van der Waals surface area (Å²) in [5, 5.41) is 3.47. The van der Waals surface area contributed by atoms with Crippen molar-refractivity contribution in [2.75, 3.05) is 24.4 Å². The van der Waals surface area contributed by atoms with E-state index < -0.39 is 27.6 Å². The van der Waals surface area contributed by atoms with Gasteiger partial charge in [0.1, 0.15) is 0 Å². The third kappa shape index (κ3) is 7.10. The SMILES string of the molecule is CCN(CC)CC.O=S(=O)(Nc1ccccc1C(F)(F)F)N1N=CC=CN1. The first kappa shape index (κ1) is 22.8. The van der Waals surface area contributed by atoms with Gasteiger partial charge in [-0.05, 0) is 37.8 Å². The van der Waals surface area contributed by atoms with Crippen LogP contribution in [0.25, 0.3) is 0 Å². The lowest BCUT2D eigenvalue weighted by Crippen LogP contribution is -2.40. The van der Waals surface area contributed by atoms with Crippen LogP contribution in [0.2, 0.25) is 0 Å². The predicted octanol–water partition coefficient (Wildman–Crippen LogP) is 3.03. The average molecular weight is 407 g/mol. The Morgan fingerprint density at radius 1 is 1.15 bits per heavy atom. The quantitative estimate of drug-likeness (QED) is 0.760. The second kappa shape index (κ2) is 10.2. The van der Waals surface area contributed by atoms with E-state index in [1.54, 1.807) is 0 Å². The van der Waals surface area contributed by atoms with Gasteiger partial charge < -0.3 is 4.90 Å². The number of nitrogens with zero attached hydrogens (tertiary/aromatic N) is 3. The Bertz CT molecular complexity index is 741. The number of hydrogen-bond acceptors (Lipinski definition) is 5. The van der Waals surface area contributed by atoms with Crippen molar-refractivity contribution in [2.45, 2.75) is 26.9 Å². The highest BCUT2D eigenvalue weighted by atomic mass is 32.2. The van der Waals surface area contributed by atoms with Crippen LogP contribution < -0.4 is 10.1 Å². The van der Waals surface area contributed by atoms with Gasteiger partial charge in [-0.1, -0.05) is 37.4 Å². The predicted molar refractivity (Wildman–Crippen MR) is 100 cm³/mol. The lowest BCUT2D eigenvalue weighted by molar-refractivity contribution is -0.136. The number of rotatable bonds is 6. The first-order valence-electron chi connectivity index (χ1n) is 8.32. The van der Waals surface area contributed by atoms with Crippen LogP contribution >= 0.6 is 0 Å². The van der Waals surface area contributed by atoms with Crippen LogP contribution in [0.15, 0.2) is 41.6 Å². The van der Waals surface area contributed by atoms with Crippen LogP contribution in [0.3, 0.4) is 0 Å². The topological polar surface area (TPSA) is 77.0 Å². The molecule has 1 aromatic carbocycles. The number of anilines is 1. The van der Waals surface area contributed by atoms with E-state index in [9.17, 15) is 21.6 Å². The highest BCUT2D eigenvalue weighted by molar-refractivity contribution is 7.90. The lowest BCUT2D eigenvalue weighted by Gasteiger charge is -2.21. The second-order valence-electron chi connectivity index (χ2n) is 5.27. The van der Waals surface area contributed by atoms with E-state index in [2.05, 4.69) is 36.2 Å². The summed E-state index contributed by atoms with van der Waals surface area (Å²) in [6.07, 6.45) is -0.805. The highest BCUT2D eigenvalue weighted by Gasteiger charge is 2.35. The molecule has 0 saturated heterocycles. The molecule has 0 spiro atoms. The van der Waals surface area contributed by atoms with Gasteiger partial charge in [0.15, 0.2) is 0 Å². The van der Waals surface area contributed by atoms with Gasteiger partial charge in [-0.15, -0.1) is 5.10 Å². The standard InChI is InChI=1S/C10H9F3N4O2S.C6H15N/c11-10(12,13)8-4-1-2-5-9(8)16-20(18,19)17-14-6-3-7-15-17;1-4-7(5-2)6-3/h1-7,14,16H;4-6H2,1-3H3. The molecule has 0 aliphatic carbocycles. The summed E-state index contributed by atoms with van der Waals surface area (Å²) in [7, 11) is -4.30. The Morgan fingerprint density at radius 3 is 2.19 bits per heavy atom. The number of alkyl halides is 3. The summed E-state index contributed by atoms with van der Waals surface area (Å²) in [5.41, 5.74) is 0.600. The molecular formula is C16H24F3N5O2S. The van der Waals surface area contributed by atoms with E-state index in [1.165, 1.54) is 50.3 Å². The third-order valence-corrected chi connectivity index (χ3v) is 4.71. The fourth-order valence-corrected chi connectivity index (χ4v) is 3.01. The first-order valence-corrected chi connectivity index (χ1v) is 9.76. The van der Waals surface area contributed by atoms with Crippen molar-refractivity contribution >= 4 is 22.1 Å². The average Bonchev–Trinajstić information content (AvgIpc) is 2.64. The number of benzene rings is 1. The van der Waals surface area contributed by atoms with Crippen molar-refractivity contribution in [3.8, 4) is 0 Å². The first-order chi connectivity index (χ1) is 12.7. The van der Waals surface area contributed by atoms with Crippen molar-refractivity contribution in [1.29, 1.82) is 0 Å². The molecule has 27 heavy (non-hydrogen) atoms. The van der Waals surface area contributed by atoms with E-state index in [-0.39, 0.29) is 0 Å². The Balaban J connectivity index is 0.000000445. The molecule has 1 aliphatic heterocycles. The van der Waals surface area contributed by atoms with Gasteiger partial charge in [0.05, 0.1) is 17.5 Å². The molecule has 0 aromatic heterocycles. The van der Waals surface area contributed by atoms with Gasteiger partial charge in [0, 0.05) is 6.20 Å². The van der Waals surface area contributed by atoms with Crippen LogP contribution in [-0.2, 0) is 16.4 Å². The van der Waals surface area contributed by atoms with E-state index in [1.807, 2.05) is 4.72 Å². The molecule has 2 rings (SSSR count). The number of para-hydroxylation sites is 1. The summed E-state index contributed by atoms with van der Waals surface area (Å²) in [4.78, 5) is 2.38. The van der Waals surface area contributed by atoms with Gasteiger partial charge in [-0.25, -0.2) is 0 Å². The molecule has 11 heteroatoms. The van der Waals surface area contributed by atoms with Crippen LogP contribution in [0, 0.1) is 0 Å². The fourth-order valence-electron chi connectivity index (χ4n) is 2.09. The molecule has 1 heterocycles. The molecule has 0 amide bonds. The van der Waals surface area contributed by atoms with Crippen LogP contribution in [0.4, 0.5) is 18.9 Å². The normalized spacial score (nSPS) is 13.8. The largest absolute Gasteiger partial charge is 0.418 e. The number of hydrazone groups is 1. The van der Waals surface area contributed by atoms with Crippen LogP contribution in [0.1, 0.15) is 26.3 Å². The van der Waals surface area contributed by atoms with Crippen molar-refractivity contribution in [1.82, 2.24) is 14.8 Å². The third-order valence-electron chi connectivity index (χ3n) is 3.58. The summed E-state index contributed by atoms with van der Waals surface area (Å²) in [5.74, 6) is 0. The minimum absolute atomic E-state index is 0.417. The Hall–Kier alpha value is -2.27. The second-order valence-corrected chi connectivity index (χ2v) is 6.77. The van der Waals surface area contributed by atoms with E-state index in [0.717, 1.165) is 12.1 Å². The Morgan fingerprint density at radius 2 is 1.74 bits per heavy atom. The van der Waals surface area contributed by atoms with E-state index in [0.29, 0.717) is 4.52 Å². The molecule has 0 atom stereocenters. The van der Waals surface area contributed by atoms with Gasteiger partial charge in [0.25, 0.3) is 0 Å². The summed E-state index contributed by atoms with van der Waals surface area (Å²) in [6, 6.07) is 4.26. The van der Waals surface area contributed by atoms with E-state index >= 15 is 0 Å². The molecule has 1 aliphatic rings. The van der Waals surface area contributed by atoms with Crippen LogP contribution in [-0.4, -0.2) is 43.7 Å². The molecular weight excluding hydrogens is 383 g/mol. The maximum absolute atomic E-state index is 12.8. The Labute approximate surface area is 157 Å². The maximum Gasteiger partial charge on any atom is 0.418 e. The van der Waals surface area contributed by atoms with Crippen molar-refractivity contribution in [3.63, 3.8) is 0 Å². The highest BCUT2D eigenvalue weighted by Crippen LogP contribution is 2.35. The fraction of sp³-hybridized carbons (Fsp3) is 0.438. The molecule has 7 nitrogen and oxygen atoms in total. The van der Waals surface area contributed by atoms with Crippen molar-refractivity contribution in [2.24, 2.45) is 5.10 Å². The zero-order valence-corrected chi connectivity index (χ0v) is 16.2. The molecule has 0 radical (unpaired) electrons. The molecule has 0 bridgehead atoms. The van der Waals surface area contributed by atoms with Gasteiger partial charge >= 0.3 is 16.4 Å². The molecule has 0 saturated carbocycles. The van der Waals surface area contributed by atoms with Gasteiger partial charge in [-0.3, -0.25) is 10.1 Å². The van der Waals surface area contributed by atoms with Crippen molar-refractivity contribution in [3.05, 3.63) is 42.1 Å². The number of halogens is 3. The monoisotopic (exact) mass is 407 g/mol. The van der Waals surface area contributed by atoms with E-state index in [4.69, 9.17) is 0 Å². The smallest absolute Gasteiger partial charge is 0.304 e. The molecule has 152 valence electrons. The molecule has 1 aromatic rings. The summed E-state index contributed by atoms with van der Waals surface area (Å²) < 4.78 is 64.3. The molecule has 0 unspecified atom stereocenters. The zero-order valence-electron chi connectivity index (χ0n) is 15.4. The Kier molecular flexibility index (Phi) is 8.57. The number of hydrazine groups is 1. The lowest BCUT2D eigenvalue weighted by atomic mass is 10.2. The number of nitrogens with one attached hydrogen (secondary N) is 2. The minimum Gasteiger partial charge on any atom is -0.304 e. The molecule has 0 fully saturated rings. The van der Waals surface area contributed by atoms with Crippen molar-refractivity contribution < 1.29 is 21.6 Å². The summed E-state index contributed by atoms with van der Waals surface area (Å²) >= 11 is 0. The van der Waals surface area contributed by atoms with Crippen LogP contribution in [0.5, 0.6) is 0 Å². The number of hydrogen-bond donors (Lipinski definition) is 2. The summed E-state index contributed by atoms with van der Waals surface area (Å²) in [6.45, 7) is 10.1. The minimum atomic E-state index is -4.67. The van der Waals surface area contributed by atoms with Gasteiger partial charge in [-0.2, -0.15) is 21.6 Å². The number of allylic oxidation sites excluding steroid dienone is 1. The molecule has 2 N–H and O–H groups in total.